The Hall–Kier alpha value is -2.15. The van der Waals surface area contributed by atoms with E-state index in [1.807, 2.05) is 13.8 Å². The van der Waals surface area contributed by atoms with Gasteiger partial charge in [0.2, 0.25) is 0 Å². The van der Waals surface area contributed by atoms with E-state index < -0.39 is 0 Å². The van der Waals surface area contributed by atoms with Crippen LogP contribution >= 0.6 is 23.2 Å². The highest BCUT2D eigenvalue weighted by Crippen LogP contribution is 2.26. The van der Waals surface area contributed by atoms with E-state index in [1.54, 1.807) is 55.0 Å². The summed E-state index contributed by atoms with van der Waals surface area (Å²) in [7, 11) is 5.29. The minimum Gasteiger partial charge on any atom is -0.385 e. The number of nitrogens with zero attached hydrogens (tertiary/aromatic N) is 3. The molecule has 2 heterocycles. The maximum atomic E-state index is 12.9. The molecule has 2 rings (SSSR count). The van der Waals surface area contributed by atoms with Crippen molar-refractivity contribution in [3.05, 3.63) is 50.4 Å². The molecule has 0 aliphatic carbocycles. The van der Waals surface area contributed by atoms with Gasteiger partial charge in [-0.1, -0.05) is 35.4 Å². The quantitative estimate of drug-likeness (QED) is 0.516. The average molecular weight is 426 g/mol. The van der Waals surface area contributed by atoms with Gasteiger partial charge in [-0.25, -0.2) is 4.98 Å². The monoisotopic (exact) mass is 425 g/mol. The summed E-state index contributed by atoms with van der Waals surface area (Å²) < 4.78 is 6.19. The van der Waals surface area contributed by atoms with Gasteiger partial charge < -0.3 is 19.0 Å². The zero-order chi connectivity index (χ0) is 21.3. The summed E-state index contributed by atoms with van der Waals surface area (Å²) in [6.45, 7) is 4.61. The van der Waals surface area contributed by atoms with Crippen LogP contribution < -0.4 is 5.43 Å². The number of aldehydes is 1. The van der Waals surface area contributed by atoms with Crippen molar-refractivity contribution in [3.63, 3.8) is 0 Å². The third-order valence-corrected chi connectivity index (χ3v) is 4.24. The topological polar surface area (TPSA) is 64.4 Å². The number of rotatable bonds is 6. The number of fused-ring (bicyclic) bond motifs is 1. The van der Waals surface area contributed by atoms with Crippen molar-refractivity contribution < 1.29 is 9.53 Å². The maximum Gasteiger partial charge on any atom is 0.198 e. The highest BCUT2D eigenvalue weighted by atomic mass is 35.5. The summed E-state index contributed by atoms with van der Waals surface area (Å²) in [5, 5.41) is 0.637. The normalized spacial score (nSPS) is 11.5. The molecular formula is C20H25Cl2N3O3. The highest BCUT2D eigenvalue weighted by molar-refractivity contribution is 6.29. The van der Waals surface area contributed by atoms with Gasteiger partial charge >= 0.3 is 0 Å². The number of carbonyl (C=O) groups excluding carboxylic acids is 1. The number of hydrogen-bond donors (Lipinski definition) is 0. The Morgan fingerprint density at radius 2 is 2.00 bits per heavy atom. The minimum absolute atomic E-state index is 0.0199. The summed E-state index contributed by atoms with van der Waals surface area (Å²) >= 11 is 12.0. The average Bonchev–Trinajstić information content (AvgIpc) is 2.67. The number of carbonyl (C=O) groups is 1. The first-order chi connectivity index (χ1) is 13.4. The van der Waals surface area contributed by atoms with Gasteiger partial charge in [0.25, 0.3) is 0 Å². The van der Waals surface area contributed by atoms with E-state index in [-0.39, 0.29) is 17.1 Å². The molecule has 0 radical (unpaired) electrons. The van der Waals surface area contributed by atoms with E-state index in [1.165, 1.54) is 5.54 Å². The van der Waals surface area contributed by atoms with Crippen LogP contribution in [0.3, 0.4) is 0 Å². The number of halogens is 2. The summed E-state index contributed by atoms with van der Waals surface area (Å²) in [6.07, 6.45) is 4.22. The number of aromatic nitrogens is 2. The van der Waals surface area contributed by atoms with Gasteiger partial charge in [0.05, 0.1) is 23.3 Å². The van der Waals surface area contributed by atoms with Crippen LogP contribution in [0.5, 0.6) is 0 Å². The third kappa shape index (κ3) is 5.44. The van der Waals surface area contributed by atoms with E-state index in [9.17, 15) is 9.59 Å². The summed E-state index contributed by atoms with van der Waals surface area (Å²) in [5.74, 6) is 0. The van der Waals surface area contributed by atoms with Crippen LogP contribution in [0.4, 0.5) is 0 Å². The molecule has 0 N–H and O–H groups in total. The molecule has 0 unspecified atom stereocenters. The predicted octanol–water partition coefficient (Wildman–Crippen LogP) is 4.03. The highest BCUT2D eigenvalue weighted by Gasteiger charge is 2.20. The van der Waals surface area contributed by atoms with Crippen molar-refractivity contribution in [2.45, 2.75) is 20.4 Å². The molecule has 0 spiro atoms. The van der Waals surface area contributed by atoms with E-state index >= 15 is 0 Å². The summed E-state index contributed by atoms with van der Waals surface area (Å²) in [5.41, 5.74) is 3.08. The number of allylic oxidation sites excluding steroid dienone is 1. The molecule has 28 heavy (non-hydrogen) atoms. The largest absolute Gasteiger partial charge is 0.385 e. The standard InChI is InChI=1S/C17H17Cl2N3O2.C3H8O/c1-4-5-11-15(13(10-18)21(2)3)22(8-9-23)17-12(16(11)24)6-7-14(19)20-17;1-3-4-2/h4-7,9-10H,8H2,1-3H3;3H2,1-2H3/b5-4-,13-10-;. The molecule has 0 saturated heterocycles. The van der Waals surface area contributed by atoms with E-state index in [4.69, 9.17) is 23.2 Å². The van der Waals surface area contributed by atoms with Gasteiger partial charge in [0.15, 0.2) is 5.43 Å². The first-order valence-electron chi connectivity index (χ1n) is 8.64. The van der Waals surface area contributed by atoms with Crippen LogP contribution in [0.2, 0.25) is 5.15 Å². The number of methoxy groups -OCH3 is 1. The number of ether oxygens (including phenoxy) is 1. The molecule has 152 valence electrons. The molecule has 6 nitrogen and oxygen atoms in total. The number of pyridine rings is 2. The Balaban J connectivity index is 0.000000892. The Bertz CT molecular complexity index is 932. The van der Waals surface area contributed by atoms with Crippen molar-refractivity contribution >= 4 is 52.3 Å². The summed E-state index contributed by atoms with van der Waals surface area (Å²) in [4.78, 5) is 30.2. The number of hydrogen-bond acceptors (Lipinski definition) is 5. The fourth-order valence-electron chi connectivity index (χ4n) is 2.52. The maximum absolute atomic E-state index is 12.9. The molecule has 2 aromatic heterocycles. The van der Waals surface area contributed by atoms with Crippen LogP contribution in [0.1, 0.15) is 25.1 Å². The van der Waals surface area contributed by atoms with E-state index in [0.717, 1.165) is 12.9 Å². The van der Waals surface area contributed by atoms with Crippen molar-refractivity contribution in [3.8, 4) is 0 Å². The Morgan fingerprint density at radius 1 is 1.36 bits per heavy atom. The predicted molar refractivity (Wildman–Crippen MR) is 117 cm³/mol. The van der Waals surface area contributed by atoms with E-state index in [0.29, 0.717) is 28.0 Å². The molecular weight excluding hydrogens is 401 g/mol. The molecule has 0 amide bonds. The van der Waals surface area contributed by atoms with Gasteiger partial charge in [0.1, 0.15) is 17.1 Å². The lowest BCUT2D eigenvalue weighted by molar-refractivity contribution is -0.108. The van der Waals surface area contributed by atoms with E-state index in [2.05, 4.69) is 9.72 Å². The van der Waals surface area contributed by atoms with Gasteiger partial charge in [-0.3, -0.25) is 4.79 Å². The van der Waals surface area contributed by atoms with Gasteiger partial charge in [0, 0.05) is 38.9 Å². The Kier molecular flexibility index (Phi) is 9.93. The van der Waals surface area contributed by atoms with Crippen molar-refractivity contribution in [1.82, 2.24) is 14.5 Å². The second kappa shape index (κ2) is 11.6. The van der Waals surface area contributed by atoms with Crippen LogP contribution in [-0.2, 0) is 16.1 Å². The lowest BCUT2D eigenvalue weighted by atomic mass is 10.1. The van der Waals surface area contributed by atoms with Gasteiger partial charge in [-0.05, 0) is 26.0 Å². The fraction of sp³-hybridized carbons (Fsp3) is 0.350. The van der Waals surface area contributed by atoms with Crippen molar-refractivity contribution in [2.75, 3.05) is 27.8 Å². The zero-order valence-corrected chi connectivity index (χ0v) is 18.2. The first kappa shape index (κ1) is 23.9. The Morgan fingerprint density at radius 3 is 2.46 bits per heavy atom. The molecule has 0 aromatic carbocycles. The lowest BCUT2D eigenvalue weighted by Gasteiger charge is -2.23. The fourth-order valence-corrected chi connectivity index (χ4v) is 2.96. The molecule has 0 aliphatic rings. The summed E-state index contributed by atoms with van der Waals surface area (Å²) in [6, 6.07) is 3.17. The van der Waals surface area contributed by atoms with Gasteiger partial charge in [-0.15, -0.1) is 0 Å². The molecule has 0 fully saturated rings. The smallest absolute Gasteiger partial charge is 0.198 e. The van der Waals surface area contributed by atoms with Crippen molar-refractivity contribution in [1.29, 1.82) is 0 Å². The van der Waals surface area contributed by atoms with Crippen molar-refractivity contribution in [2.24, 2.45) is 0 Å². The first-order valence-corrected chi connectivity index (χ1v) is 9.45. The van der Waals surface area contributed by atoms with Crippen LogP contribution in [-0.4, -0.2) is 48.5 Å². The second-order valence-electron chi connectivity index (χ2n) is 5.84. The third-order valence-electron chi connectivity index (χ3n) is 3.82. The van der Waals surface area contributed by atoms with Gasteiger partial charge in [-0.2, -0.15) is 0 Å². The SMILES string of the molecule is C/C=C\c1c(/C(=C/Cl)N(C)C)n(CC=O)c2nc(Cl)ccc2c1=O.CCOC. The second-order valence-corrected chi connectivity index (χ2v) is 6.45. The molecule has 0 saturated carbocycles. The minimum atomic E-state index is -0.192. The molecule has 0 atom stereocenters. The lowest BCUT2D eigenvalue weighted by Crippen LogP contribution is -2.24. The van der Waals surface area contributed by atoms with Crippen LogP contribution in [0, 0.1) is 0 Å². The van der Waals surface area contributed by atoms with Crippen LogP contribution in [0.25, 0.3) is 22.8 Å². The zero-order valence-electron chi connectivity index (χ0n) is 16.7. The molecule has 0 bridgehead atoms. The molecule has 0 aliphatic heterocycles. The van der Waals surface area contributed by atoms with Crippen LogP contribution in [0.15, 0.2) is 28.5 Å². The molecule has 8 heteroatoms. The molecule has 2 aromatic rings. The Labute approximate surface area is 175 Å².